The zero-order chi connectivity index (χ0) is 15.4. The molecular formula is C17H21N3O. The second-order valence-corrected chi connectivity index (χ2v) is 4.87. The van der Waals surface area contributed by atoms with Crippen LogP contribution in [0.25, 0.3) is 11.4 Å². The molecule has 1 heterocycles. The number of anilines is 1. The molecule has 0 radical (unpaired) electrons. The summed E-state index contributed by atoms with van der Waals surface area (Å²) < 4.78 is 3.53. The topological polar surface area (TPSA) is 52.9 Å². The zero-order valence-corrected chi connectivity index (χ0v) is 12.5. The van der Waals surface area contributed by atoms with Crippen LogP contribution in [0.15, 0.2) is 53.9 Å². The highest BCUT2D eigenvalue weighted by Gasteiger charge is 2.17. The summed E-state index contributed by atoms with van der Waals surface area (Å²) in [6.45, 7) is 7.59. The molecule has 0 atom stereocenters. The first-order valence-electron chi connectivity index (χ1n) is 7.03. The molecule has 0 saturated carbocycles. The van der Waals surface area contributed by atoms with Crippen LogP contribution < -0.4 is 11.3 Å². The maximum atomic E-state index is 12.5. The summed E-state index contributed by atoms with van der Waals surface area (Å²) in [6.07, 6.45) is 5.53. The van der Waals surface area contributed by atoms with E-state index in [4.69, 9.17) is 5.73 Å². The summed E-state index contributed by atoms with van der Waals surface area (Å²) in [5, 5.41) is 0. The van der Waals surface area contributed by atoms with Crippen molar-refractivity contribution in [2.45, 2.75) is 26.7 Å². The van der Waals surface area contributed by atoms with Crippen molar-refractivity contribution in [1.82, 2.24) is 9.36 Å². The first-order valence-corrected chi connectivity index (χ1v) is 7.03. The number of hydrogen-bond donors (Lipinski definition) is 1. The van der Waals surface area contributed by atoms with Gasteiger partial charge in [0.15, 0.2) is 0 Å². The van der Waals surface area contributed by atoms with Gasteiger partial charge < -0.3 is 5.73 Å². The molecule has 0 amide bonds. The van der Waals surface area contributed by atoms with Gasteiger partial charge in [-0.1, -0.05) is 30.4 Å². The van der Waals surface area contributed by atoms with Crippen LogP contribution in [0.3, 0.4) is 0 Å². The molecule has 1 aromatic carbocycles. The number of allylic oxidation sites excluding steroid dienone is 3. The zero-order valence-electron chi connectivity index (χ0n) is 12.5. The number of nitrogen functional groups attached to an aromatic ring is 1. The third-order valence-electron chi connectivity index (χ3n) is 3.54. The van der Waals surface area contributed by atoms with Crippen molar-refractivity contribution in [2.24, 2.45) is 0 Å². The lowest BCUT2D eigenvalue weighted by Gasteiger charge is -2.16. The van der Waals surface area contributed by atoms with Gasteiger partial charge in [-0.05, 0) is 38.8 Å². The summed E-state index contributed by atoms with van der Waals surface area (Å²) in [4.78, 5) is 12.5. The van der Waals surface area contributed by atoms with Crippen LogP contribution in [0.5, 0.6) is 0 Å². The van der Waals surface area contributed by atoms with E-state index in [1.165, 1.54) is 0 Å². The lowest BCUT2D eigenvalue weighted by molar-refractivity contribution is 0.698. The number of benzene rings is 1. The predicted octanol–water partition coefficient (Wildman–Crippen LogP) is 3.36. The van der Waals surface area contributed by atoms with Gasteiger partial charge in [0, 0.05) is 5.70 Å². The van der Waals surface area contributed by atoms with Crippen molar-refractivity contribution in [3.8, 4) is 5.69 Å². The molecule has 21 heavy (non-hydrogen) atoms. The summed E-state index contributed by atoms with van der Waals surface area (Å²) >= 11 is 0. The van der Waals surface area contributed by atoms with E-state index in [0.717, 1.165) is 29.9 Å². The maximum absolute atomic E-state index is 12.5. The summed E-state index contributed by atoms with van der Waals surface area (Å²) in [7, 11) is 0. The van der Waals surface area contributed by atoms with Gasteiger partial charge in [-0.15, -0.1) is 6.58 Å². The molecule has 2 rings (SSSR count). The van der Waals surface area contributed by atoms with Crippen LogP contribution in [0.4, 0.5) is 5.69 Å². The Hall–Kier alpha value is -2.49. The van der Waals surface area contributed by atoms with Crippen molar-refractivity contribution in [2.75, 3.05) is 5.73 Å². The van der Waals surface area contributed by atoms with Crippen LogP contribution in [0.1, 0.15) is 25.5 Å². The van der Waals surface area contributed by atoms with Crippen molar-refractivity contribution >= 4 is 11.4 Å². The van der Waals surface area contributed by atoms with Gasteiger partial charge in [0.05, 0.1) is 11.4 Å². The monoisotopic (exact) mass is 283 g/mol. The maximum Gasteiger partial charge on any atom is 0.295 e. The number of nitrogens with two attached hydrogens (primary N) is 1. The largest absolute Gasteiger partial charge is 0.393 e. The third-order valence-corrected chi connectivity index (χ3v) is 3.54. The molecule has 0 aliphatic carbocycles. The Labute approximate surface area is 124 Å². The molecular weight excluding hydrogens is 262 g/mol. The van der Waals surface area contributed by atoms with E-state index < -0.39 is 0 Å². The normalized spacial score (nSPS) is 11.6. The molecule has 4 heteroatoms. The van der Waals surface area contributed by atoms with E-state index in [0.29, 0.717) is 0 Å². The Morgan fingerprint density at radius 2 is 2.00 bits per heavy atom. The quantitative estimate of drug-likeness (QED) is 0.855. The van der Waals surface area contributed by atoms with Gasteiger partial charge in [0.25, 0.3) is 5.56 Å². The van der Waals surface area contributed by atoms with Gasteiger partial charge in [-0.3, -0.25) is 9.48 Å². The highest BCUT2D eigenvalue weighted by molar-refractivity contribution is 5.54. The molecule has 0 saturated heterocycles. The van der Waals surface area contributed by atoms with Gasteiger partial charge in [-0.25, -0.2) is 4.68 Å². The molecule has 0 spiro atoms. The lowest BCUT2D eigenvalue weighted by Crippen LogP contribution is -2.22. The fraction of sp³-hybridized carbons (Fsp3) is 0.235. The summed E-state index contributed by atoms with van der Waals surface area (Å²) in [6, 6.07) is 9.54. The van der Waals surface area contributed by atoms with Crippen LogP contribution in [0.2, 0.25) is 0 Å². The smallest absolute Gasteiger partial charge is 0.295 e. The summed E-state index contributed by atoms with van der Waals surface area (Å²) in [5.74, 6) is 0. The second-order valence-electron chi connectivity index (χ2n) is 4.87. The summed E-state index contributed by atoms with van der Waals surface area (Å²) in [5.41, 5.74) is 8.67. The van der Waals surface area contributed by atoms with Gasteiger partial charge in [0.1, 0.15) is 5.69 Å². The minimum atomic E-state index is -0.184. The van der Waals surface area contributed by atoms with E-state index in [1.807, 2.05) is 61.0 Å². The highest BCUT2D eigenvalue weighted by Crippen LogP contribution is 2.20. The third kappa shape index (κ3) is 2.70. The average molecular weight is 283 g/mol. The molecule has 0 unspecified atom stereocenters. The lowest BCUT2D eigenvalue weighted by atomic mass is 10.2. The molecule has 0 bridgehead atoms. The highest BCUT2D eigenvalue weighted by atomic mass is 16.1. The van der Waals surface area contributed by atoms with Gasteiger partial charge >= 0.3 is 0 Å². The number of para-hydroxylation sites is 1. The standard InChI is InChI=1S/C17H21N3O/c1-4-6-10-14(5-2)19-13(3)16(18)17(21)20(19)15-11-8-7-9-12-15/h4-5,7-9,11-12H,1,6,10,18H2,2-3H3/b14-5+. The SMILES string of the molecule is C=CCC/C(=C\C)n1c(C)c(N)c(=O)n1-c1ccccc1. The van der Waals surface area contributed by atoms with E-state index in [1.54, 1.807) is 4.68 Å². The van der Waals surface area contributed by atoms with E-state index in [9.17, 15) is 4.79 Å². The predicted molar refractivity (Wildman–Crippen MR) is 88.6 cm³/mol. The van der Waals surface area contributed by atoms with E-state index in [2.05, 4.69) is 6.58 Å². The van der Waals surface area contributed by atoms with Crippen molar-refractivity contribution in [3.05, 3.63) is 65.1 Å². The Kier molecular flexibility index (Phi) is 4.48. The molecule has 2 N–H and O–H groups in total. The molecule has 2 aromatic rings. The molecule has 110 valence electrons. The van der Waals surface area contributed by atoms with E-state index in [-0.39, 0.29) is 11.2 Å². The fourth-order valence-electron chi connectivity index (χ4n) is 2.39. The van der Waals surface area contributed by atoms with Crippen molar-refractivity contribution < 1.29 is 0 Å². The van der Waals surface area contributed by atoms with Crippen LogP contribution in [-0.4, -0.2) is 9.36 Å². The number of rotatable bonds is 5. The van der Waals surface area contributed by atoms with Gasteiger partial charge in [-0.2, -0.15) is 0 Å². The van der Waals surface area contributed by atoms with Crippen molar-refractivity contribution in [1.29, 1.82) is 0 Å². The van der Waals surface area contributed by atoms with Crippen LogP contribution >= 0.6 is 0 Å². The van der Waals surface area contributed by atoms with Crippen LogP contribution in [-0.2, 0) is 0 Å². The fourth-order valence-corrected chi connectivity index (χ4v) is 2.39. The molecule has 0 fully saturated rings. The Bertz CT molecular complexity index is 720. The Balaban J connectivity index is 2.68. The average Bonchev–Trinajstić information content (AvgIpc) is 2.74. The molecule has 0 aliphatic rings. The van der Waals surface area contributed by atoms with Crippen LogP contribution in [0, 0.1) is 6.92 Å². The van der Waals surface area contributed by atoms with Crippen molar-refractivity contribution in [3.63, 3.8) is 0 Å². The van der Waals surface area contributed by atoms with Gasteiger partial charge in [0.2, 0.25) is 0 Å². The second kappa shape index (κ2) is 6.31. The number of nitrogens with zero attached hydrogens (tertiary/aromatic N) is 2. The molecule has 4 nitrogen and oxygen atoms in total. The first-order chi connectivity index (χ1) is 10.1. The minimum absolute atomic E-state index is 0.184. The Morgan fingerprint density at radius 3 is 2.57 bits per heavy atom. The van der Waals surface area contributed by atoms with E-state index >= 15 is 0 Å². The minimum Gasteiger partial charge on any atom is -0.393 e. The number of hydrogen-bond acceptors (Lipinski definition) is 2. The first kappa shape index (κ1) is 14.9. The Morgan fingerprint density at radius 1 is 1.33 bits per heavy atom. The molecule has 0 aliphatic heterocycles. The molecule has 1 aromatic heterocycles. The number of aromatic nitrogens is 2.